The summed E-state index contributed by atoms with van der Waals surface area (Å²) >= 11 is 0. The van der Waals surface area contributed by atoms with Crippen molar-refractivity contribution in [3.8, 4) is 0 Å². The van der Waals surface area contributed by atoms with Crippen molar-refractivity contribution in [3.63, 3.8) is 0 Å². The number of ether oxygens (including phenoxy) is 1. The van der Waals surface area contributed by atoms with Gasteiger partial charge in [0.15, 0.2) is 0 Å². The summed E-state index contributed by atoms with van der Waals surface area (Å²) in [6, 6.07) is 1.94. The van der Waals surface area contributed by atoms with Crippen LogP contribution in [-0.4, -0.2) is 27.9 Å². The lowest BCUT2D eigenvalue weighted by molar-refractivity contribution is -0.132. The van der Waals surface area contributed by atoms with Gasteiger partial charge >= 0.3 is 0 Å². The average molecular weight is 224 g/mol. The molecule has 0 bridgehead atoms. The van der Waals surface area contributed by atoms with Gasteiger partial charge in [-0.3, -0.25) is 14.9 Å². The second-order valence-electron chi connectivity index (χ2n) is 4.01. The molecular formula is C10H16N4O2. The van der Waals surface area contributed by atoms with E-state index in [4.69, 9.17) is 10.6 Å². The maximum atomic E-state index is 11.2. The Bertz CT molecular complexity index is 377. The van der Waals surface area contributed by atoms with Gasteiger partial charge in [-0.1, -0.05) is 0 Å². The number of amides is 1. The van der Waals surface area contributed by atoms with E-state index in [2.05, 4.69) is 10.5 Å². The number of hydrogen-bond donors (Lipinski definition) is 2. The first-order valence-electron chi connectivity index (χ1n) is 5.35. The van der Waals surface area contributed by atoms with Gasteiger partial charge in [-0.25, -0.2) is 5.84 Å². The molecule has 0 aliphatic carbocycles. The molecule has 6 heteroatoms. The van der Waals surface area contributed by atoms with E-state index in [0.717, 1.165) is 12.1 Å². The molecule has 1 saturated heterocycles. The predicted molar refractivity (Wildman–Crippen MR) is 57.2 cm³/mol. The Balaban J connectivity index is 1.87. The van der Waals surface area contributed by atoms with E-state index in [1.165, 1.54) is 0 Å². The SMILES string of the molecule is Cc1ccn(CC2CCC(C(=O)NN)O2)n1. The lowest BCUT2D eigenvalue weighted by Gasteiger charge is -2.12. The van der Waals surface area contributed by atoms with Crippen LogP contribution in [0.4, 0.5) is 0 Å². The van der Waals surface area contributed by atoms with Gasteiger partial charge in [0.25, 0.3) is 5.91 Å². The van der Waals surface area contributed by atoms with Crippen LogP contribution >= 0.6 is 0 Å². The maximum absolute atomic E-state index is 11.2. The normalized spacial score (nSPS) is 24.6. The van der Waals surface area contributed by atoms with Crippen molar-refractivity contribution in [2.75, 3.05) is 0 Å². The molecule has 0 spiro atoms. The Morgan fingerprint density at radius 1 is 1.75 bits per heavy atom. The van der Waals surface area contributed by atoms with Gasteiger partial charge in [0.05, 0.1) is 18.3 Å². The number of aromatic nitrogens is 2. The molecule has 2 unspecified atom stereocenters. The molecule has 2 rings (SSSR count). The zero-order valence-corrected chi connectivity index (χ0v) is 9.22. The first kappa shape index (κ1) is 11.1. The predicted octanol–water partition coefficient (Wildman–Crippen LogP) is -0.271. The number of rotatable bonds is 3. The number of aryl methyl sites for hydroxylation is 1. The van der Waals surface area contributed by atoms with Crippen LogP contribution < -0.4 is 11.3 Å². The number of nitrogens with two attached hydrogens (primary N) is 1. The number of nitrogens with zero attached hydrogens (tertiary/aromatic N) is 2. The quantitative estimate of drug-likeness (QED) is 0.420. The fourth-order valence-corrected chi connectivity index (χ4v) is 1.90. The zero-order chi connectivity index (χ0) is 11.5. The van der Waals surface area contributed by atoms with Gasteiger partial charge < -0.3 is 4.74 Å². The molecule has 88 valence electrons. The molecule has 3 N–H and O–H groups in total. The van der Waals surface area contributed by atoms with Crippen molar-refractivity contribution in [2.24, 2.45) is 5.84 Å². The Labute approximate surface area is 93.7 Å². The number of hydrazine groups is 1. The Kier molecular flexibility index (Phi) is 3.21. The molecule has 2 heterocycles. The van der Waals surface area contributed by atoms with E-state index in [0.29, 0.717) is 13.0 Å². The standard InChI is InChI=1S/C10H16N4O2/c1-7-4-5-14(13-7)6-8-2-3-9(16-8)10(15)12-11/h4-5,8-9H,2-3,6,11H2,1H3,(H,12,15). The van der Waals surface area contributed by atoms with Crippen LogP contribution in [-0.2, 0) is 16.1 Å². The van der Waals surface area contributed by atoms with Crippen molar-refractivity contribution in [1.29, 1.82) is 0 Å². The Morgan fingerprint density at radius 2 is 2.56 bits per heavy atom. The number of carbonyl (C=O) groups is 1. The van der Waals surface area contributed by atoms with Gasteiger partial charge in [-0.2, -0.15) is 5.10 Å². The topological polar surface area (TPSA) is 82.2 Å². The van der Waals surface area contributed by atoms with Crippen LogP contribution in [0.2, 0.25) is 0 Å². The van der Waals surface area contributed by atoms with Crippen LogP contribution in [0.3, 0.4) is 0 Å². The van der Waals surface area contributed by atoms with Gasteiger partial charge in [0.2, 0.25) is 0 Å². The molecule has 1 amide bonds. The van der Waals surface area contributed by atoms with Crippen molar-refractivity contribution >= 4 is 5.91 Å². The molecule has 1 aliphatic rings. The lowest BCUT2D eigenvalue weighted by Crippen LogP contribution is -2.39. The van der Waals surface area contributed by atoms with E-state index in [9.17, 15) is 4.79 Å². The minimum atomic E-state index is -0.411. The molecule has 2 atom stereocenters. The van der Waals surface area contributed by atoms with Gasteiger partial charge in [-0.15, -0.1) is 0 Å². The summed E-state index contributed by atoms with van der Waals surface area (Å²) in [5, 5.41) is 4.28. The second kappa shape index (κ2) is 4.63. The van der Waals surface area contributed by atoms with Crippen molar-refractivity contribution < 1.29 is 9.53 Å². The lowest BCUT2D eigenvalue weighted by atomic mass is 10.2. The van der Waals surface area contributed by atoms with E-state index in [-0.39, 0.29) is 12.0 Å². The largest absolute Gasteiger partial charge is 0.363 e. The van der Waals surface area contributed by atoms with Gasteiger partial charge in [0.1, 0.15) is 6.10 Å². The van der Waals surface area contributed by atoms with Crippen LogP contribution in [0.5, 0.6) is 0 Å². The van der Waals surface area contributed by atoms with Gasteiger partial charge in [0, 0.05) is 6.20 Å². The highest BCUT2D eigenvalue weighted by Crippen LogP contribution is 2.20. The van der Waals surface area contributed by atoms with Crippen molar-refractivity contribution in [1.82, 2.24) is 15.2 Å². The first-order chi connectivity index (χ1) is 7.69. The summed E-state index contributed by atoms with van der Waals surface area (Å²) in [6.45, 7) is 2.62. The summed E-state index contributed by atoms with van der Waals surface area (Å²) in [7, 11) is 0. The molecule has 1 fully saturated rings. The summed E-state index contributed by atoms with van der Waals surface area (Å²) < 4.78 is 7.41. The summed E-state index contributed by atoms with van der Waals surface area (Å²) in [5.74, 6) is 4.81. The summed E-state index contributed by atoms with van der Waals surface area (Å²) in [6.07, 6.45) is 3.12. The van der Waals surface area contributed by atoms with Crippen LogP contribution in [0.25, 0.3) is 0 Å². The van der Waals surface area contributed by atoms with E-state index < -0.39 is 6.10 Å². The third-order valence-corrected chi connectivity index (χ3v) is 2.71. The maximum Gasteiger partial charge on any atom is 0.263 e. The Hall–Kier alpha value is -1.40. The average Bonchev–Trinajstić information content (AvgIpc) is 2.87. The molecule has 0 saturated carbocycles. The molecule has 1 aromatic rings. The highest BCUT2D eigenvalue weighted by atomic mass is 16.5. The van der Waals surface area contributed by atoms with Crippen molar-refractivity contribution in [3.05, 3.63) is 18.0 Å². The minimum absolute atomic E-state index is 0.0431. The van der Waals surface area contributed by atoms with E-state index in [1.807, 2.05) is 23.9 Å². The first-order valence-corrected chi connectivity index (χ1v) is 5.35. The van der Waals surface area contributed by atoms with E-state index in [1.54, 1.807) is 0 Å². The fraction of sp³-hybridized carbons (Fsp3) is 0.600. The van der Waals surface area contributed by atoms with Crippen LogP contribution in [0.1, 0.15) is 18.5 Å². The Morgan fingerprint density at radius 3 is 3.19 bits per heavy atom. The van der Waals surface area contributed by atoms with Crippen LogP contribution in [0, 0.1) is 6.92 Å². The molecule has 1 aromatic heterocycles. The number of nitrogens with one attached hydrogen (secondary N) is 1. The second-order valence-corrected chi connectivity index (χ2v) is 4.01. The van der Waals surface area contributed by atoms with E-state index >= 15 is 0 Å². The minimum Gasteiger partial charge on any atom is -0.363 e. The number of carbonyl (C=O) groups excluding carboxylic acids is 1. The van der Waals surface area contributed by atoms with Crippen LogP contribution in [0.15, 0.2) is 12.3 Å². The summed E-state index contributed by atoms with van der Waals surface area (Å²) in [4.78, 5) is 11.2. The third-order valence-electron chi connectivity index (χ3n) is 2.71. The van der Waals surface area contributed by atoms with Crippen molar-refractivity contribution in [2.45, 2.75) is 38.5 Å². The highest BCUT2D eigenvalue weighted by Gasteiger charge is 2.30. The molecule has 0 radical (unpaired) electrons. The smallest absolute Gasteiger partial charge is 0.263 e. The summed E-state index contributed by atoms with van der Waals surface area (Å²) in [5.41, 5.74) is 3.09. The molecular weight excluding hydrogens is 208 g/mol. The molecule has 0 aromatic carbocycles. The third kappa shape index (κ3) is 2.40. The number of hydrogen-bond acceptors (Lipinski definition) is 4. The zero-order valence-electron chi connectivity index (χ0n) is 9.22. The monoisotopic (exact) mass is 224 g/mol. The fourth-order valence-electron chi connectivity index (χ4n) is 1.90. The molecule has 6 nitrogen and oxygen atoms in total. The molecule has 1 aliphatic heterocycles. The highest BCUT2D eigenvalue weighted by molar-refractivity contribution is 5.80. The molecule has 16 heavy (non-hydrogen) atoms. The van der Waals surface area contributed by atoms with Gasteiger partial charge in [-0.05, 0) is 25.8 Å².